The highest BCUT2D eigenvalue weighted by Crippen LogP contribution is 2.07. The smallest absolute Gasteiger partial charge is 0.263 e. The van der Waals surface area contributed by atoms with Gasteiger partial charge in [-0.2, -0.15) is 5.26 Å². The molecule has 0 aromatic rings. The van der Waals surface area contributed by atoms with Crippen LogP contribution in [0.3, 0.4) is 0 Å². The zero-order valence-electron chi connectivity index (χ0n) is 16.1. The lowest BCUT2D eigenvalue weighted by molar-refractivity contribution is -0.117. The van der Waals surface area contributed by atoms with Gasteiger partial charge in [0.05, 0.1) is 0 Å². The Morgan fingerprint density at radius 2 is 1.75 bits per heavy atom. The third kappa shape index (κ3) is 12.0. The average molecular weight is 338 g/mol. The Bertz CT molecular complexity index is 401. The molecule has 0 saturated carbocycles. The van der Waals surface area contributed by atoms with Crippen molar-refractivity contribution in [2.24, 2.45) is 11.8 Å². The minimum atomic E-state index is -0.302. The topological polar surface area (TPSA) is 65.4 Å². The lowest BCUT2D eigenvalue weighted by atomic mass is 10.1. The number of unbranched alkanes of at least 4 members (excludes halogenated alkanes) is 1. The standard InChI is InChI=1S/C19H35N3O2/c1-6-7-10-24-11-8-9-21-19(23)18(12-20)15-22(13-16(2)3)14-17(4)5/h15-17H,6-11,13-14H2,1-5H3,(H,21,23)/b18-15-. The number of nitrogens with one attached hydrogen (secondary N) is 1. The molecule has 0 unspecified atom stereocenters. The summed E-state index contributed by atoms with van der Waals surface area (Å²) >= 11 is 0. The number of rotatable bonds is 13. The van der Waals surface area contributed by atoms with Crippen molar-refractivity contribution in [2.45, 2.75) is 53.9 Å². The predicted octanol–water partition coefficient (Wildman–Crippen LogP) is 3.33. The molecule has 0 aliphatic carbocycles. The van der Waals surface area contributed by atoms with Gasteiger partial charge < -0.3 is 15.0 Å². The molecule has 1 amide bonds. The molecule has 0 radical (unpaired) electrons. The van der Waals surface area contributed by atoms with E-state index >= 15 is 0 Å². The molecule has 0 saturated heterocycles. The van der Waals surface area contributed by atoms with Crippen LogP contribution in [0, 0.1) is 23.2 Å². The summed E-state index contributed by atoms with van der Waals surface area (Å²) in [4.78, 5) is 14.2. The van der Waals surface area contributed by atoms with E-state index in [1.165, 1.54) is 0 Å². The molecule has 24 heavy (non-hydrogen) atoms. The molecule has 0 spiro atoms. The maximum atomic E-state index is 12.1. The third-order valence-electron chi connectivity index (χ3n) is 3.27. The molecule has 0 aromatic carbocycles. The van der Waals surface area contributed by atoms with Gasteiger partial charge in [0.2, 0.25) is 0 Å². The summed E-state index contributed by atoms with van der Waals surface area (Å²) in [7, 11) is 0. The number of hydrogen-bond acceptors (Lipinski definition) is 4. The van der Waals surface area contributed by atoms with Crippen LogP contribution >= 0.6 is 0 Å². The molecule has 0 bridgehead atoms. The summed E-state index contributed by atoms with van der Waals surface area (Å²) in [6.45, 7) is 14.3. The highest BCUT2D eigenvalue weighted by atomic mass is 16.5. The first-order valence-corrected chi connectivity index (χ1v) is 9.12. The lowest BCUT2D eigenvalue weighted by Crippen LogP contribution is -2.31. The fourth-order valence-electron chi connectivity index (χ4n) is 2.26. The van der Waals surface area contributed by atoms with Gasteiger partial charge in [-0.1, -0.05) is 41.0 Å². The first kappa shape index (κ1) is 22.5. The number of carbonyl (C=O) groups is 1. The molecule has 0 fully saturated rings. The normalized spacial score (nSPS) is 11.7. The van der Waals surface area contributed by atoms with Crippen LogP contribution in [0.25, 0.3) is 0 Å². The van der Waals surface area contributed by atoms with Crippen LogP contribution in [0.5, 0.6) is 0 Å². The van der Waals surface area contributed by atoms with Gasteiger partial charge >= 0.3 is 0 Å². The quantitative estimate of drug-likeness (QED) is 0.318. The SMILES string of the molecule is CCCCOCCCNC(=O)/C(C#N)=C\N(CC(C)C)CC(C)C. The molecule has 0 rings (SSSR count). The number of hydrogen-bond donors (Lipinski definition) is 1. The molecule has 5 heteroatoms. The first-order chi connectivity index (χ1) is 11.4. The van der Waals surface area contributed by atoms with E-state index in [4.69, 9.17) is 4.74 Å². The number of nitrogens with zero attached hydrogens (tertiary/aromatic N) is 2. The van der Waals surface area contributed by atoms with Gasteiger partial charge in [0.1, 0.15) is 11.6 Å². The molecular weight excluding hydrogens is 302 g/mol. The van der Waals surface area contributed by atoms with E-state index in [1.807, 2.05) is 6.07 Å². The van der Waals surface area contributed by atoms with E-state index in [0.717, 1.165) is 39.0 Å². The fourth-order valence-corrected chi connectivity index (χ4v) is 2.26. The van der Waals surface area contributed by atoms with E-state index in [-0.39, 0.29) is 11.5 Å². The molecule has 138 valence electrons. The lowest BCUT2D eigenvalue weighted by Gasteiger charge is -2.25. The molecule has 0 aromatic heterocycles. The third-order valence-corrected chi connectivity index (χ3v) is 3.27. The van der Waals surface area contributed by atoms with E-state index in [0.29, 0.717) is 25.0 Å². The van der Waals surface area contributed by atoms with Gasteiger partial charge in [-0.25, -0.2) is 0 Å². The number of nitriles is 1. The van der Waals surface area contributed by atoms with Crippen LogP contribution in [-0.2, 0) is 9.53 Å². The van der Waals surface area contributed by atoms with Crippen molar-refractivity contribution in [1.29, 1.82) is 5.26 Å². The van der Waals surface area contributed by atoms with Gasteiger partial charge in [0.25, 0.3) is 5.91 Å². The molecule has 0 heterocycles. The summed E-state index contributed by atoms with van der Waals surface area (Å²) < 4.78 is 5.46. The minimum Gasteiger partial charge on any atom is -0.381 e. The number of amides is 1. The predicted molar refractivity (Wildman–Crippen MR) is 98.3 cm³/mol. The van der Waals surface area contributed by atoms with Crippen LogP contribution in [-0.4, -0.2) is 43.7 Å². The summed E-state index contributed by atoms with van der Waals surface area (Å²) in [6, 6.07) is 2.02. The van der Waals surface area contributed by atoms with Crippen molar-refractivity contribution in [2.75, 3.05) is 32.8 Å². The zero-order chi connectivity index (χ0) is 18.4. The Balaban J connectivity index is 4.40. The second-order valence-corrected chi connectivity index (χ2v) is 6.97. The highest BCUT2D eigenvalue weighted by molar-refractivity contribution is 5.97. The van der Waals surface area contributed by atoms with E-state index in [1.54, 1.807) is 6.20 Å². The van der Waals surface area contributed by atoms with Gasteiger partial charge in [0, 0.05) is 39.0 Å². The fraction of sp³-hybridized carbons (Fsp3) is 0.789. The van der Waals surface area contributed by atoms with Gasteiger partial charge in [0.15, 0.2) is 0 Å². The van der Waals surface area contributed by atoms with Crippen LogP contribution in [0.2, 0.25) is 0 Å². The molecule has 0 atom stereocenters. The number of ether oxygens (including phenoxy) is 1. The monoisotopic (exact) mass is 337 g/mol. The summed E-state index contributed by atoms with van der Waals surface area (Å²) in [6.07, 6.45) is 4.65. The van der Waals surface area contributed by atoms with Crippen molar-refractivity contribution in [3.63, 3.8) is 0 Å². The maximum Gasteiger partial charge on any atom is 0.263 e. The van der Waals surface area contributed by atoms with Crippen molar-refractivity contribution < 1.29 is 9.53 Å². The molecular formula is C19H35N3O2. The zero-order valence-corrected chi connectivity index (χ0v) is 16.1. The molecule has 0 aliphatic heterocycles. The summed E-state index contributed by atoms with van der Waals surface area (Å²) in [5.74, 6) is 0.648. The largest absolute Gasteiger partial charge is 0.381 e. The number of carbonyl (C=O) groups excluding carboxylic acids is 1. The van der Waals surface area contributed by atoms with Crippen molar-refractivity contribution in [3.05, 3.63) is 11.8 Å². The second-order valence-electron chi connectivity index (χ2n) is 6.97. The Morgan fingerprint density at radius 1 is 1.17 bits per heavy atom. The van der Waals surface area contributed by atoms with Gasteiger partial charge in [-0.05, 0) is 24.7 Å². The molecule has 1 N–H and O–H groups in total. The summed E-state index contributed by atoms with van der Waals surface area (Å²) in [5.41, 5.74) is 0.170. The van der Waals surface area contributed by atoms with Crippen LogP contribution < -0.4 is 5.32 Å². The van der Waals surface area contributed by atoms with Gasteiger partial charge in [-0.15, -0.1) is 0 Å². The highest BCUT2D eigenvalue weighted by Gasteiger charge is 2.12. The van der Waals surface area contributed by atoms with Crippen LogP contribution in [0.1, 0.15) is 53.9 Å². The van der Waals surface area contributed by atoms with Crippen molar-refractivity contribution >= 4 is 5.91 Å². The van der Waals surface area contributed by atoms with Gasteiger partial charge in [-0.3, -0.25) is 4.79 Å². The first-order valence-electron chi connectivity index (χ1n) is 9.12. The molecule has 0 aliphatic rings. The Morgan fingerprint density at radius 3 is 2.25 bits per heavy atom. The Labute approximate surface area is 148 Å². The van der Waals surface area contributed by atoms with E-state index in [9.17, 15) is 10.1 Å². The van der Waals surface area contributed by atoms with Crippen LogP contribution in [0.4, 0.5) is 0 Å². The van der Waals surface area contributed by atoms with E-state index < -0.39 is 0 Å². The molecule has 5 nitrogen and oxygen atoms in total. The maximum absolute atomic E-state index is 12.1. The van der Waals surface area contributed by atoms with Crippen molar-refractivity contribution in [3.8, 4) is 6.07 Å². The van der Waals surface area contributed by atoms with Crippen LogP contribution in [0.15, 0.2) is 11.8 Å². The van der Waals surface area contributed by atoms with Crippen molar-refractivity contribution in [1.82, 2.24) is 10.2 Å². The second kappa shape index (κ2) is 13.9. The minimum absolute atomic E-state index is 0.170. The summed E-state index contributed by atoms with van der Waals surface area (Å²) in [5, 5.41) is 12.1. The van der Waals surface area contributed by atoms with E-state index in [2.05, 4.69) is 44.8 Å². The Hall–Kier alpha value is -1.54. The average Bonchev–Trinajstić information content (AvgIpc) is 2.50. The Kier molecular flexibility index (Phi) is 13.0.